The van der Waals surface area contributed by atoms with Crippen molar-refractivity contribution in [3.63, 3.8) is 0 Å². The zero-order valence-electron chi connectivity index (χ0n) is 14.4. The summed E-state index contributed by atoms with van der Waals surface area (Å²) >= 11 is 0. The van der Waals surface area contributed by atoms with Gasteiger partial charge in [-0.1, -0.05) is 12.1 Å². The van der Waals surface area contributed by atoms with Gasteiger partial charge in [0.1, 0.15) is 5.82 Å². The van der Waals surface area contributed by atoms with Crippen LogP contribution < -0.4 is 5.32 Å². The van der Waals surface area contributed by atoms with E-state index in [0.29, 0.717) is 12.6 Å². The SMILES string of the molecule is Cn1c(CCCNC(=O)CN2C[C@@H]3CC[C@H]2C3)nc2ccccc21. The lowest BCUT2D eigenvalue weighted by Gasteiger charge is -2.25. The minimum Gasteiger partial charge on any atom is -0.355 e. The first-order valence-electron chi connectivity index (χ1n) is 9.12. The third-order valence-electron chi connectivity index (χ3n) is 5.65. The Labute approximate surface area is 143 Å². The summed E-state index contributed by atoms with van der Waals surface area (Å²) in [6, 6.07) is 8.87. The van der Waals surface area contributed by atoms with Gasteiger partial charge in [-0.05, 0) is 43.7 Å². The minimum absolute atomic E-state index is 0.174. The van der Waals surface area contributed by atoms with E-state index in [-0.39, 0.29) is 5.91 Å². The first kappa shape index (κ1) is 15.6. The van der Waals surface area contributed by atoms with Crippen molar-refractivity contribution >= 4 is 16.9 Å². The smallest absolute Gasteiger partial charge is 0.234 e. The molecule has 2 heterocycles. The molecule has 2 bridgehead atoms. The monoisotopic (exact) mass is 326 g/mol. The van der Waals surface area contributed by atoms with Crippen LogP contribution in [0.15, 0.2) is 24.3 Å². The van der Waals surface area contributed by atoms with Crippen molar-refractivity contribution in [1.29, 1.82) is 0 Å². The first-order valence-corrected chi connectivity index (χ1v) is 9.12. The summed E-state index contributed by atoms with van der Waals surface area (Å²) in [7, 11) is 2.06. The van der Waals surface area contributed by atoms with Crippen molar-refractivity contribution in [1.82, 2.24) is 19.8 Å². The number of amides is 1. The van der Waals surface area contributed by atoms with Crippen LogP contribution in [0.2, 0.25) is 0 Å². The number of benzene rings is 1. The average Bonchev–Trinajstić information content (AvgIpc) is 3.27. The van der Waals surface area contributed by atoms with Gasteiger partial charge in [0.15, 0.2) is 0 Å². The maximum absolute atomic E-state index is 12.1. The Kier molecular flexibility index (Phi) is 4.27. The zero-order chi connectivity index (χ0) is 16.5. The Morgan fingerprint density at radius 2 is 2.21 bits per heavy atom. The van der Waals surface area contributed by atoms with Gasteiger partial charge < -0.3 is 9.88 Å². The van der Waals surface area contributed by atoms with Gasteiger partial charge in [-0.2, -0.15) is 0 Å². The fourth-order valence-electron chi connectivity index (χ4n) is 4.35. The summed E-state index contributed by atoms with van der Waals surface area (Å²) in [5.41, 5.74) is 2.21. The zero-order valence-corrected chi connectivity index (χ0v) is 14.4. The van der Waals surface area contributed by atoms with Crippen LogP contribution in [0.5, 0.6) is 0 Å². The number of aryl methyl sites for hydroxylation is 2. The van der Waals surface area contributed by atoms with Crippen molar-refractivity contribution in [3.8, 4) is 0 Å². The summed E-state index contributed by atoms with van der Waals surface area (Å²) in [5, 5.41) is 3.07. The molecule has 1 N–H and O–H groups in total. The van der Waals surface area contributed by atoms with Gasteiger partial charge in [0, 0.05) is 32.6 Å². The van der Waals surface area contributed by atoms with Crippen LogP contribution in [0, 0.1) is 5.92 Å². The maximum Gasteiger partial charge on any atom is 0.234 e. The Hall–Kier alpha value is -1.88. The van der Waals surface area contributed by atoms with Crippen LogP contribution in [0.3, 0.4) is 0 Å². The molecular formula is C19H26N4O. The average molecular weight is 326 g/mol. The van der Waals surface area contributed by atoms with E-state index in [1.807, 2.05) is 18.2 Å². The maximum atomic E-state index is 12.1. The molecule has 24 heavy (non-hydrogen) atoms. The van der Waals surface area contributed by atoms with Gasteiger partial charge in [0.2, 0.25) is 5.91 Å². The van der Waals surface area contributed by atoms with E-state index >= 15 is 0 Å². The Bertz CT molecular complexity index is 738. The summed E-state index contributed by atoms with van der Waals surface area (Å²) < 4.78 is 2.15. The summed E-state index contributed by atoms with van der Waals surface area (Å²) in [4.78, 5) is 19.2. The number of nitrogens with zero attached hydrogens (tertiary/aromatic N) is 3. The van der Waals surface area contributed by atoms with Gasteiger partial charge >= 0.3 is 0 Å². The number of likely N-dealkylation sites (tertiary alicyclic amines) is 1. The number of hydrogen-bond acceptors (Lipinski definition) is 3. The van der Waals surface area contributed by atoms with E-state index in [1.54, 1.807) is 0 Å². The topological polar surface area (TPSA) is 50.2 Å². The number of rotatable bonds is 6. The number of nitrogens with one attached hydrogen (secondary N) is 1. The molecule has 1 aliphatic carbocycles. The molecule has 128 valence electrons. The molecule has 2 aromatic rings. The van der Waals surface area contributed by atoms with Gasteiger partial charge in [-0.15, -0.1) is 0 Å². The lowest BCUT2D eigenvalue weighted by molar-refractivity contribution is -0.122. The van der Waals surface area contributed by atoms with E-state index in [2.05, 4.69) is 32.9 Å². The molecule has 5 nitrogen and oxygen atoms in total. The van der Waals surface area contributed by atoms with Crippen LogP contribution in [-0.4, -0.2) is 46.0 Å². The van der Waals surface area contributed by atoms with E-state index in [0.717, 1.165) is 43.2 Å². The fraction of sp³-hybridized carbons (Fsp3) is 0.579. The van der Waals surface area contributed by atoms with Crippen LogP contribution in [0.1, 0.15) is 31.5 Å². The van der Waals surface area contributed by atoms with Crippen LogP contribution in [-0.2, 0) is 18.3 Å². The fourth-order valence-corrected chi connectivity index (χ4v) is 4.35. The van der Waals surface area contributed by atoms with Crippen LogP contribution >= 0.6 is 0 Å². The summed E-state index contributed by atoms with van der Waals surface area (Å²) in [6.45, 7) is 2.43. The van der Waals surface area contributed by atoms with Gasteiger partial charge in [-0.25, -0.2) is 4.98 Å². The van der Waals surface area contributed by atoms with Crippen molar-refractivity contribution < 1.29 is 4.79 Å². The largest absolute Gasteiger partial charge is 0.355 e. The lowest BCUT2D eigenvalue weighted by Crippen LogP contribution is -2.41. The molecule has 1 saturated heterocycles. The van der Waals surface area contributed by atoms with E-state index in [9.17, 15) is 4.79 Å². The van der Waals surface area contributed by atoms with Crippen LogP contribution in [0.4, 0.5) is 0 Å². The molecular weight excluding hydrogens is 300 g/mol. The number of aromatic nitrogens is 2. The van der Waals surface area contributed by atoms with E-state index in [1.165, 1.54) is 24.8 Å². The number of imidazole rings is 1. The highest BCUT2D eigenvalue weighted by molar-refractivity contribution is 5.78. The molecule has 0 unspecified atom stereocenters. The molecule has 2 fully saturated rings. The molecule has 4 rings (SSSR count). The minimum atomic E-state index is 0.174. The quantitative estimate of drug-likeness (QED) is 0.827. The Balaban J connectivity index is 1.22. The predicted molar refractivity (Wildman–Crippen MR) is 94.7 cm³/mol. The second-order valence-electron chi connectivity index (χ2n) is 7.29. The molecule has 0 spiro atoms. The third-order valence-corrected chi connectivity index (χ3v) is 5.65. The van der Waals surface area contributed by atoms with Gasteiger partial charge in [0.25, 0.3) is 0 Å². The molecule has 2 aliphatic rings. The Morgan fingerprint density at radius 3 is 2.96 bits per heavy atom. The van der Waals surface area contributed by atoms with Crippen molar-refractivity contribution in [3.05, 3.63) is 30.1 Å². The van der Waals surface area contributed by atoms with E-state index < -0.39 is 0 Å². The second kappa shape index (κ2) is 6.55. The number of carbonyl (C=O) groups is 1. The van der Waals surface area contributed by atoms with E-state index in [4.69, 9.17) is 0 Å². The number of para-hydroxylation sites is 2. The number of piperidine rings is 1. The highest BCUT2D eigenvalue weighted by Crippen LogP contribution is 2.36. The number of carbonyl (C=O) groups excluding carboxylic acids is 1. The van der Waals surface area contributed by atoms with Crippen LogP contribution in [0.25, 0.3) is 11.0 Å². The first-order chi connectivity index (χ1) is 11.7. The highest BCUT2D eigenvalue weighted by Gasteiger charge is 2.38. The molecule has 1 aromatic carbocycles. The molecule has 1 saturated carbocycles. The highest BCUT2D eigenvalue weighted by atomic mass is 16.2. The molecule has 1 aliphatic heterocycles. The molecule has 1 amide bonds. The summed E-state index contributed by atoms with van der Waals surface area (Å²) in [6.07, 6.45) is 5.76. The van der Waals surface area contributed by atoms with Crippen molar-refractivity contribution in [2.75, 3.05) is 19.6 Å². The normalized spacial score (nSPS) is 23.2. The van der Waals surface area contributed by atoms with Gasteiger partial charge in [-0.3, -0.25) is 9.69 Å². The molecule has 2 atom stereocenters. The standard InChI is InChI=1S/C19H26N4O/c1-22-17-6-3-2-5-16(17)21-18(22)7-4-10-20-19(24)13-23-12-14-8-9-15(23)11-14/h2-3,5-6,14-15H,4,7-13H2,1H3,(H,20,24)/t14-,15+/m1/s1. The molecule has 1 aromatic heterocycles. The third kappa shape index (κ3) is 3.05. The molecule has 5 heteroatoms. The van der Waals surface area contributed by atoms with Crippen molar-refractivity contribution in [2.45, 2.75) is 38.1 Å². The lowest BCUT2D eigenvalue weighted by atomic mass is 10.1. The van der Waals surface area contributed by atoms with Gasteiger partial charge in [0.05, 0.1) is 17.6 Å². The number of fused-ring (bicyclic) bond motifs is 3. The second-order valence-corrected chi connectivity index (χ2v) is 7.29. The van der Waals surface area contributed by atoms with Crippen molar-refractivity contribution in [2.24, 2.45) is 13.0 Å². The summed E-state index contributed by atoms with van der Waals surface area (Å²) in [5.74, 6) is 2.11. The Morgan fingerprint density at radius 1 is 1.33 bits per heavy atom. The predicted octanol–water partition coefficient (Wildman–Crippen LogP) is 2.11. The number of hydrogen-bond donors (Lipinski definition) is 1. The molecule has 0 radical (unpaired) electrons.